The molecule has 0 aliphatic carbocycles. The first kappa shape index (κ1) is 36.5. The summed E-state index contributed by atoms with van der Waals surface area (Å²) < 4.78 is 27.7. The summed E-state index contributed by atoms with van der Waals surface area (Å²) in [6.07, 6.45) is 1.57. The number of rotatable bonds is 12. The van der Waals surface area contributed by atoms with E-state index in [1.54, 1.807) is 26.2 Å². The zero-order chi connectivity index (χ0) is 33.6. The van der Waals surface area contributed by atoms with Crippen LogP contribution in [0, 0.1) is 11.3 Å². The summed E-state index contributed by atoms with van der Waals surface area (Å²) in [6, 6.07) is 13.4. The summed E-state index contributed by atoms with van der Waals surface area (Å²) in [6.45, 7) is 14.8. The van der Waals surface area contributed by atoms with Crippen LogP contribution in [0.1, 0.15) is 61.0 Å². The molecule has 0 aliphatic rings. The van der Waals surface area contributed by atoms with E-state index in [1.165, 1.54) is 30.0 Å². The van der Waals surface area contributed by atoms with Gasteiger partial charge in [-0.05, 0) is 43.0 Å². The lowest BCUT2D eigenvalue weighted by Crippen LogP contribution is -2.61. The lowest BCUT2D eigenvalue weighted by Gasteiger charge is -2.40. The normalized spacial score (nSPS) is 14.8. The van der Waals surface area contributed by atoms with Gasteiger partial charge in [0.05, 0.1) is 17.8 Å². The van der Waals surface area contributed by atoms with Crippen molar-refractivity contribution in [1.29, 1.82) is 0 Å². The fourth-order valence-electron chi connectivity index (χ4n) is 5.14. The van der Waals surface area contributed by atoms with Gasteiger partial charge in [0.25, 0.3) is 15.9 Å². The second-order valence-corrected chi connectivity index (χ2v) is 14.8. The molecule has 0 aromatic heterocycles. The Bertz CT molecular complexity index is 1460. The monoisotopic (exact) mass is 627 g/mol. The molecule has 44 heavy (non-hydrogen) atoms. The highest BCUT2D eigenvalue weighted by atomic mass is 32.2. The third-order valence-corrected chi connectivity index (χ3v) is 9.29. The van der Waals surface area contributed by atoms with E-state index in [0.717, 1.165) is 5.56 Å². The summed E-state index contributed by atoms with van der Waals surface area (Å²) in [7, 11) is -0.884. The molecule has 0 heterocycles. The van der Waals surface area contributed by atoms with Crippen LogP contribution in [0.25, 0.3) is 0 Å². The highest BCUT2D eigenvalue weighted by molar-refractivity contribution is 7.90. The lowest BCUT2D eigenvalue weighted by molar-refractivity contribution is -0.140. The Morgan fingerprint density at radius 2 is 1.45 bits per heavy atom. The molecule has 2 aromatic carbocycles. The van der Waals surface area contributed by atoms with E-state index >= 15 is 0 Å². The van der Waals surface area contributed by atoms with E-state index < -0.39 is 44.9 Å². The second-order valence-electron chi connectivity index (χ2n) is 13.1. The molecule has 0 spiro atoms. The van der Waals surface area contributed by atoms with Crippen molar-refractivity contribution in [3.63, 3.8) is 0 Å². The van der Waals surface area contributed by atoms with Crippen LogP contribution >= 0.6 is 0 Å². The smallest absolute Gasteiger partial charge is 0.266 e. The molecule has 0 radical (unpaired) electrons. The third-order valence-electron chi connectivity index (χ3n) is 7.88. The topological polar surface area (TPSA) is 151 Å². The number of hydrogen-bond donors (Lipinski definition) is 4. The van der Waals surface area contributed by atoms with Crippen LogP contribution < -0.4 is 21.1 Å². The van der Waals surface area contributed by atoms with Gasteiger partial charge in [0.1, 0.15) is 10.9 Å². The number of nitrogens with zero attached hydrogens (tertiary/aromatic N) is 1. The van der Waals surface area contributed by atoms with Crippen LogP contribution in [-0.4, -0.2) is 63.3 Å². The maximum atomic E-state index is 14.1. The molecule has 0 fully saturated rings. The van der Waals surface area contributed by atoms with E-state index in [4.69, 9.17) is 5.73 Å². The number of amides is 3. The van der Waals surface area contributed by atoms with Gasteiger partial charge in [0, 0.05) is 18.0 Å². The van der Waals surface area contributed by atoms with E-state index in [2.05, 4.69) is 15.4 Å². The van der Waals surface area contributed by atoms with Crippen molar-refractivity contribution in [3.8, 4) is 0 Å². The minimum Gasteiger partial charge on any atom is -0.398 e. The summed E-state index contributed by atoms with van der Waals surface area (Å²) in [5.74, 6) is -1.64. The number of para-hydroxylation sites is 1. The Morgan fingerprint density at radius 1 is 0.909 bits per heavy atom. The molecule has 5 N–H and O–H groups in total. The number of likely N-dealkylation sites (N-methyl/N-ethyl adjacent to an activating group) is 2. The van der Waals surface area contributed by atoms with E-state index in [1.807, 2.05) is 78.8 Å². The van der Waals surface area contributed by atoms with Gasteiger partial charge in [0.2, 0.25) is 11.8 Å². The number of sulfonamides is 1. The zero-order valence-electron chi connectivity index (χ0n) is 27.6. The number of carbonyl (C=O) groups excluding carboxylic acids is 3. The first-order valence-electron chi connectivity index (χ1n) is 14.7. The molecule has 242 valence electrons. The molecule has 0 saturated carbocycles. The lowest BCUT2D eigenvalue weighted by atomic mass is 9.76. The standard InChI is InChI=1S/C33H49N5O5S/c1-21(2)25(20-22(3)29(39)37-44(42,43)26-19-15-14-18-24(26)34)38(10)31(41)28(32(4,5)6)36-30(40)27(35-9)33(7,8)23-16-12-11-13-17-23/h11-21,25,27-28,35H,34H2,1-10H3,(H,36,40)(H,37,39)/t25-,27-,28-/m1/s1. The maximum absolute atomic E-state index is 14.1. The largest absolute Gasteiger partial charge is 0.398 e. The Kier molecular flexibility index (Phi) is 11.9. The Hall–Kier alpha value is -3.70. The first-order chi connectivity index (χ1) is 20.2. The molecule has 0 saturated heterocycles. The number of hydrogen-bond acceptors (Lipinski definition) is 7. The van der Waals surface area contributed by atoms with Crippen molar-refractivity contribution in [3.05, 3.63) is 71.8 Å². The molecule has 3 atom stereocenters. The van der Waals surface area contributed by atoms with Gasteiger partial charge < -0.3 is 21.3 Å². The first-order valence-corrected chi connectivity index (χ1v) is 16.1. The van der Waals surface area contributed by atoms with Crippen LogP contribution in [0.4, 0.5) is 5.69 Å². The predicted octanol–water partition coefficient (Wildman–Crippen LogP) is 3.60. The molecule has 3 amide bonds. The van der Waals surface area contributed by atoms with Gasteiger partial charge in [-0.15, -0.1) is 0 Å². The number of nitrogen functional groups attached to an aromatic ring is 1. The van der Waals surface area contributed by atoms with E-state index in [0.29, 0.717) is 0 Å². The minimum absolute atomic E-state index is 0.0164. The second kappa shape index (κ2) is 14.4. The highest BCUT2D eigenvalue weighted by Crippen LogP contribution is 2.29. The SMILES string of the molecule is CN[C@H](C(=O)N[C@H](C(=O)N(C)[C@H](C=C(C)C(=O)NS(=O)(=O)c1ccccc1N)C(C)C)C(C)(C)C)C(C)(C)c1ccccc1. The zero-order valence-corrected chi connectivity index (χ0v) is 28.4. The van der Waals surface area contributed by atoms with Gasteiger partial charge in [-0.3, -0.25) is 14.4 Å². The predicted molar refractivity (Wildman–Crippen MR) is 175 cm³/mol. The molecule has 2 rings (SSSR count). The Labute approximate surface area is 262 Å². The maximum Gasteiger partial charge on any atom is 0.266 e. The Balaban J connectivity index is 2.34. The van der Waals surface area contributed by atoms with Gasteiger partial charge >= 0.3 is 0 Å². The van der Waals surface area contributed by atoms with Crippen LogP contribution in [0.3, 0.4) is 0 Å². The van der Waals surface area contributed by atoms with Crippen molar-refractivity contribution in [2.75, 3.05) is 19.8 Å². The molecule has 2 aromatic rings. The molecular weight excluding hydrogens is 578 g/mol. The summed E-state index contributed by atoms with van der Waals surface area (Å²) in [5.41, 5.74) is 5.66. The van der Waals surface area contributed by atoms with Crippen LogP contribution in [0.2, 0.25) is 0 Å². The van der Waals surface area contributed by atoms with Crippen LogP contribution in [0.15, 0.2) is 71.1 Å². The number of benzene rings is 2. The number of nitrogens with two attached hydrogens (primary N) is 1. The third kappa shape index (κ3) is 8.69. The quantitative estimate of drug-likeness (QED) is 0.207. The average molecular weight is 628 g/mol. The highest BCUT2D eigenvalue weighted by Gasteiger charge is 2.41. The van der Waals surface area contributed by atoms with Crippen molar-refractivity contribution >= 4 is 33.4 Å². The van der Waals surface area contributed by atoms with Crippen molar-refractivity contribution < 1.29 is 22.8 Å². The number of carbonyl (C=O) groups is 3. The minimum atomic E-state index is -4.22. The fraction of sp³-hybridized carbons (Fsp3) is 0.485. The van der Waals surface area contributed by atoms with Crippen molar-refractivity contribution in [1.82, 2.24) is 20.3 Å². The van der Waals surface area contributed by atoms with Gasteiger partial charge in [0.15, 0.2) is 0 Å². The van der Waals surface area contributed by atoms with Crippen LogP contribution in [0.5, 0.6) is 0 Å². The summed E-state index contributed by atoms with van der Waals surface area (Å²) in [5, 5.41) is 6.14. The summed E-state index contributed by atoms with van der Waals surface area (Å²) in [4.78, 5) is 42.1. The van der Waals surface area contributed by atoms with E-state index in [9.17, 15) is 22.8 Å². The molecule has 0 unspecified atom stereocenters. The number of nitrogens with one attached hydrogen (secondary N) is 3. The molecule has 10 nitrogen and oxygen atoms in total. The fourth-order valence-corrected chi connectivity index (χ4v) is 6.30. The van der Waals surface area contributed by atoms with E-state index in [-0.39, 0.29) is 33.9 Å². The summed E-state index contributed by atoms with van der Waals surface area (Å²) >= 11 is 0. The average Bonchev–Trinajstić information content (AvgIpc) is 2.93. The number of anilines is 1. The van der Waals surface area contributed by atoms with Gasteiger partial charge in [-0.1, -0.05) is 97.0 Å². The molecule has 0 aliphatic heterocycles. The Morgan fingerprint density at radius 3 is 1.95 bits per heavy atom. The van der Waals surface area contributed by atoms with Crippen molar-refractivity contribution in [2.24, 2.45) is 11.3 Å². The molecule has 0 bridgehead atoms. The van der Waals surface area contributed by atoms with Gasteiger partial charge in [-0.2, -0.15) is 0 Å². The molecular formula is C33H49N5O5S. The van der Waals surface area contributed by atoms with Crippen LogP contribution in [-0.2, 0) is 29.8 Å². The van der Waals surface area contributed by atoms with Crippen molar-refractivity contribution in [2.45, 2.75) is 83.8 Å². The molecule has 11 heteroatoms. The van der Waals surface area contributed by atoms with Gasteiger partial charge in [-0.25, -0.2) is 13.1 Å².